The Morgan fingerprint density at radius 1 is 1.64 bits per heavy atom. The zero-order valence-corrected chi connectivity index (χ0v) is 7.51. The molecule has 0 saturated carbocycles. The quantitative estimate of drug-likeness (QED) is 0.668. The zero-order valence-electron chi connectivity index (χ0n) is 5.93. The van der Waals surface area contributed by atoms with Crippen LogP contribution in [0.1, 0.15) is 10.4 Å². The fourth-order valence-corrected chi connectivity index (χ4v) is 0.897. The van der Waals surface area contributed by atoms with Gasteiger partial charge in [-0.3, -0.25) is 0 Å². The van der Waals surface area contributed by atoms with E-state index in [1.165, 1.54) is 7.11 Å². The lowest BCUT2D eigenvalue weighted by Crippen LogP contribution is -1.99. The van der Waals surface area contributed by atoms with Gasteiger partial charge in [0.2, 0.25) is 0 Å². The maximum Gasteiger partial charge on any atom is 0.337 e. The summed E-state index contributed by atoms with van der Waals surface area (Å²) in [4.78, 5) is 10.9. The van der Waals surface area contributed by atoms with Crippen molar-refractivity contribution in [2.45, 2.75) is 0 Å². The van der Waals surface area contributed by atoms with Crippen molar-refractivity contribution in [3.8, 4) is 0 Å². The number of carbonyl (C=O) groups excluding carboxylic acids is 1. The maximum atomic E-state index is 10.9. The van der Waals surface area contributed by atoms with E-state index >= 15 is 0 Å². The molecule has 0 fully saturated rings. The number of esters is 1. The SMILES string of the molecule is COC(=O)c1c[c]c(Br)cc1. The number of hydrogen-bond donors (Lipinski definition) is 0. The summed E-state index contributed by atoms with van der Waals surface area (Å²) in [5, 5.41) is 0. The number of methoxy groups -OCH3 is 1. The van der Waals surface area contributed by atoms with Crippen LogP contribution in [0.3, 0.4) is 0 Å². The van der Waals surface area contributed by atoms with Gasteiger partial charge in [0, 0.05) is 4.47 Å². The highest BCUT2D eigenvalue weighted by Crippen LogP contribution is 2.09. The summed E-state index contributed by atoms with van der Waals surface area (Å²) in [5.41, 5.74) is 0.510. The third-order valence-electron chi connectivity index (χ3n) is 1.20. The van der Waals surface area contributed by atoms with E-state index in [2.05, 4.69) is 26.7 Å². The van der Waals surface area contributed by atoms with Crippen LogP contribution < -0.4 is 0 Å². The smallest absolute Gasteiger partial charge is 0.337 e. The highest BCUT2D eigenvalue weighted by atomic mass is 79.9. The minimum Gasteiger partial charge on any atom is -0.465 e. The monoisotopic (exact) mass is 213 g/mol. The van der Waals surface area contributed by atoms with Crippen LogP contribution in [0.2, 0.25) is 0 Å². The highest BCUT2D eigenvalue weighted by Gasteiger charge is 2.02. The van der Waals surface area contributed by atoms with E-state index in [0.29, 0.717) is 5.56 Å². The largest absolute Gasteiger partial charge is 0.465 e. The van der Waals surface area contributed by atoms with Crippen LogP contribution in [0.25, 0.3) is 0 Å². The highest BCUT2D eigenvalue weighted by molar-refractivity contribution is 9.10. The molecule has 1 aromatic rings. The molecule has 0 aliphatic rings. The van der Waals surface area contributed by atoms with Crippen molar-refractivity contribution in [3.05, 3.63) is 34.3 Å². The molecule has 0 bridgehead atoms. The van der Waals surface area contributed by atoms with Crippen molar-refractivity contribution in [1.29, 1.82) is 0 Å². The molecule has 0 atom stereocenters. The van der Waals surface area contributed by atoms with Crippen molar-refractivity contribution in [2.75, 3.05) is 7.11 Å². The zero-order chi connectivity index (χ0) is 8.27. The Hall–Kier alpha value is -0.830. The van der Waals surface area contributed by atoms with E-state index in [-0.39, 0.29) is 5.97 Å². The molecule has 0 aromatic heterocycles. The van der Waals surface area contributed by atoms with Crippen LogP contribution in [-0.4, -0.2) is 13.1 Å². The fraction of sp³-hybridized carbons (Fsp3) is 0.125. The van der Waals surface area contributed by atoms with Crippen molar-refractivity contribution in [3.63, 3.8) is 0 Å². The second kappa shape index (κ2) is 3.53. The number of ether oxygens (including phenoxy) is 1. The summed E-state index contributed by atoms with van der Waals surface area (Å²) >= 11 is 3.21. The molecular weight excluding hydrogens is 208 g/mol. The number of hydrogen-bond acceptors (Lipinski definition) is 2. The molecule has 1 radical (unpaired) electrons. The van der Waals surface area contributed by atoms with Gasteiger partial charge in [0.25, 0.3) is 0 Å². The van der Waals surface area contributed by atoms with Crippen molar-refractivity contribution in [1.82, 2.24) is 0 Å². The number of benzene rings is 1. The van der Waals surface area contributed by atoms with Crippen LogP contribution >= 0.6 is 15.9 Å². The molecule has 1 rings (SSSR count). The number of rotatable bonds is 1. The summed E-state index contributed by atoms with van der Waals surface area (Å²) in [6.07, 6.45) is 0. The molecule has 3 heteroatoms. The van der Waals surface area contributed by atoms with Crippen molar-refractivity contribution >= 4 is 21.9 Å². The van der Waals surface area contributed by atoms with Gasteiger partial charge < -0.3 is 4.74 Å². The molecular formula is C8H6BrO2. The first-order chi connectivity index (χ1) is 5.24. The summed E-state index contributed by atoms with van der Waals surface area (Å²) in [5.74, 6) is -0.339. The first-order valence-electron chi connectivity index (χ1n) is 2.99. The van der Waals surface area contributed by atoms with Gasteiger partial charge in [0.1, 0.15) is 0 Å². The van der Waals surface area contributed by atoms with Gasteiger partial charge in [-0.1, -0.05) is 15.9 Å². The van der Waals surface area contributed by atoms with Gasteiger partial charge in [-0.25, -0.2) is 4.79 Å². The summed E-state index contributed by atoms with van der Waals surface area (Å²) in [6.45, 7) is 0. The van der Waals surface area contributed by atoms with Gasteiger partial charge in [0.15, 0.2) is 0 Å². The standard InChI is InChI=1S/C8H6BrO2/c1-11-8(10)6-2-4-7(9)5-3-6/h2-4H,1H3. The average molecular weight is 214 g/mol. The van der Waals surface area contributed by atoms with Crippen LogP contribution in [0.15, 0.2) is 22.7 Å². The fourth-order valence-electron chi connectivity index (χ4n) is 0.651. The molecule has 57 valence electrons. The average Bonchev–Trinajstić information content (AvgIpc) is 2.05. The first kappa shape index (κ1) is 8.27. The van der Waals surface area contributed by atoms with E-state index in [1.807, 2.05) is 0 Å². The first-order valence-corrected chi connectivity index (χ1v) is 3.79. The topological polar surface area (TPSA) is 26.3 Å². The molecule has 0 N–H and O–H groups in total. The molecule has 0 unspecified atom stereocenters. The minimum atomic E-state index is -0.339. The van der Waals surface area contributed by atoms with E-state index in [4.69, 9.17) is 0 Å². The predicted octanol–water partition coefficient (Wildman–Crippen LogP) is 2.04. The van der Waals surface area contributed by atoms with Crippen LogP contribution in [-0.2, 0) is 4.74 Å². The second-order valence-electron chi connectivity index (χ2n) is 1.92. The third-order valence-corrected chi connectivity index (χ3v) is 1.69. The third kappa shape index (κ3) is 2.05. The molecule has 0 aliphatic heterocycles. The van der Waals surface area contributed by atoms with Crippen LogP contribution in [0.4, 0.5) is 0 Å². The van der Waals surface area contributed by atoms with Gasteiger partial charge >= 0.3 is 5.97 Å². The number of halogens is 1. The second-order valence-corrected chi connectivity index (χ2v) is 2.77. The molecule has 0 aliphatic carbocycles. The Balaban J connectivity index is 2.90. The lowest BCUT2D eigenvalue weighted by Gasteiger charge is -1.96. The normalized spacial score (nSPS) is 9.27. The van der Waals surface area contributed by atoms with E-state index < -0.39 is 0 Å². The molecule has 1 aromatic carbocycles. The van der Waals surface area contributed by atoms with Crippen LogP contribution in [0.5, 0.6) is 0 Å². The predicted molar refractivity (Wildman–Crippen MR) is 44.3 cm³/mol. The Kier molecular flexibility index (Phi) is 2.65. The van der Waals surface area contributed by atoms with Crippen molar-refractivity contribution < 1.29 is 9.53 Å². The van der Waals surface area contributed by atoms with Crippen LogP contribution in [0, 0.1) is 6.07 Å². The molecule has 0 amide bonds. The van der Waals surface area contributed by atoms with E-state index in [0.717, 1.165) is 4.47 Å². The molecule has 0 saturated heterocycles. The molecule has 2 nitrogen and oxygen atoms in total. The Labute approximate surface area is 73.3 Å². The van der Waals surface area contributed by atoms with Gasteiger partial charge in [-0.2, -0.15) is 0 Å². The molecule has 0 heterocycles. The van der Waals surface area contributed by atoms with Crippen molar-refractivity contribution in [2.24, 2.45) is 0 Å². The summed E-state index contributed by atoms with van der Waals surface area (Å²) < 4.78 is 5.33. The Morgan fingerprint density at radius 3 is 2.82 bits per heavy atom. The van der Waals surface area contributed by atoms with Gasteiger partial charge in [-0.05, 0) is 24.3 Å². The molecule has 0 spiro atoms. The summed E-state index contributed by atoms with van der Waals surface area (Å²) in [6, 6.07) is 7.83. The maximum absolute atomic E-state index is 10.9. The van der Waals surface area contributed by atoms with Gasteiger partial charge in [-0.15, -0.1) is 0 Å². The van der Waals surface area contributed by atoms with E-state index in [9.17, 15) is 4.79 Å². The van der Waals surface area contributed by atoms with Gasteiger partial charge in [0.05, 0.1) is 12.7 Å². The lowest BCUT2D eigenvalue weighted by atomic mass is 10.2. The minimum absolute atomic E-state index is 0.339. The lowest BCUT2D eigenvalue weighted by molar-refractivity contribution is 0.0600. The Morgan fingerprint density at radius 2 is 2.36 bits per heavy atom. The summed E-state index contributed by atoms with van der Waals surface area (Å²) in [7, 11) is 1.35. The number of carbonyl (C=O) groups is 1. The molecule has 11 heavy (non-hydrogen) atoms. The van der Waals surface area contributed by atoms with E-state index in [1.54, 1.807) is 18.2 Å². The Bertz CT molecular complexity index is 253.